The average Bonchev–Trinajstić information content (AvgIpc) is 2.34. The number of ketones is 2. The molecule has 0 aromatic heterocycles. The van der Waals surface area contributed by atoms with E-state index in [9.17, 15) is 9.59 Å². The van der Waals surface area contributed by atoms with Crippen molar-refractivity contribution in [2.24, 2.45) is 5.92 Å². The van der Waals surface area contributed by atoms with Crippen LogP contribution in [0.2, 0.25) is 0 Å². The Morgan fingerprint density at radius 3 is 2.33 bits per heavy atom. The van der Waals surface area contributed by atoms with Crippen LogP contribution in [0.15, 0.2) is 35.9 Å². The third kappa shape index (κ3) is 2.41. The van der Waals surface area contributed by atoms with Crippen LogP contribution in [0.25, 0.3) is 0 Å². The standard InChI is InChI=1S/C15H16O2.H3N/c1-3-6-10(2)13-9-14(16)11-7-4-5-8-12(11)15(13)17;/h4-5,7-10H,3,6H2,1-2H3;1H3. The molecule has 96 valence electrons. The number of carbonyl (C=O) groups is 2. The summed E-state index contributed by atoms with van der Waals surface area (Å²) in [5.74, 6) is 0.129. The Labute approximate surface area is 107 Å². The van der Waals surface area contributed by atoms with Crippen LogP contribution >= 0.6 is 0 Å². The molecule has 3 nitrogen and oxygen atoms in total. The van der Waals surface area contributed by atoms with E-state index < -0.39 is 0 Å². The summed E-state index contributed by atoms with van der Waals surface area (Å²) in [6, 6.07) is 7.05. The van der Waals surface area contributed by atoms with Gasteiger partial charge in [-0.3, -0.25) is 9.59 Å². The van der Waals surface area contributed by atoms with Gasteiger partial charge in [0.2, 0.25) is 0 Å². The van der Waals surface area contributed by atoms with Crippen LogP contribution in [0.1, 0.15) is 47.4 Å². The lowest BCUT2D eigenvalue weighted by atomic mass is 9.82. The smallest absolute Gasteiger partial charge is 0.190 e. The number of benzene rings is 1. The molecule has 0 bridgehead atoms. The SMILES string of the molecule is CCCC(C)C1=CC(=O)c2ccccc2C1=O.N. The highest BCUT2D eigenvalue weighted by Gasteiger charge is 2.27. The third-order valence-electron chi connectivity index (χ3n) is 3.24. The van der Waals surface area contributed by atoms with Gasteiger partial charge in [0.05, 0.1) is 0 Å². The predicted octanol–water partition coefficient (Wildman–Crippen LogP) is 3.59. The molecule has 1 unspecified atom stereocenters. The summed E-state index contributed by atoms with van der Waals surface area (Å²) in [4.78, 5) is 24.2. The number of fused-ring (bicyclic) bond motifs is 1. The second kappa shape index (κ2) is 5.74. The van der Waals surface area contributed by atoms with Gasteiger partial charge in [0, 0.05) is 16.7 Å². The molecular weight excluding hydrogens is 226 g/mol. The Hall–Kier alpha value is -1.74. The van der Waals surface area contributed by atoms with Crippen molar-refractivity contribution >= 4 is 11.6 Å². The van der Waals surface area contributed by atoms with Crippen molar-refractivity contribution in [3.63, 3.8) is 0 Å². The van der Waals surface area contributed by atoms with Gasteiger partial charge in [0.1, 0.15) is 0 Å². The number of Topliss-reactive ketones (excluding diaryl/α,β-unsaturated/α-hetero) is 1. The van der Waals surface area contributed by atoms with Crippen molar-refractivity contribution in [1.29, 1.82) is 0 Å². The number of allylic oxidation sites excluding steroid dienone is 2. The van der Waals surface area contributed by atoms with E-state index in [0.717, 1.165) is 12.8 Å². The Morgan fingerprint density at radius 2 is 1.72 bits per heavy atom. The first kappa shape index (κ1) is 14.3. The summed E-state index contributed by atoms with van der Waals surface area (Å²) in [5.41, 5.74) is 1.75. The van der Waals surface area contributed by atoms with Crippen LogP contribution in [0.5, 0.6) is 0 Å². The van der Waals surface area contributed by atoms with Crippen molar-refractivity contribution in [2.45, 2.75) is 26.7 Å². The number of hydrogen-bond donors (Lipinski definition) is 1. The second-order valence-electron chi connectivity index (χ2n) is 4.53. The molecule has 1 aliphatic rings. The van der Waals surface area contributed by atoms with Crippen molar-refractivity contribution in [2.75, 3.05) is 0 Å². The summed E-state index contributed by atoms with van der Waals surface area (Å²) in [5, 5.41) is 0. The molecule has 3 heteroatoms. The minimum Gasteiger partial charge on any atom is -0.344 e. The molecule has 1 atom stereocenters. The maximum absolute atomic E-state index is 12.3. The van der Waals surface area contributed by atoms with Gasteiger partial charge in [0.25, 0.3) is 0 Å². The van der Waals surface area contributed by atoms with Crippen molar-refractivity contribution in [3.8, 4) is 0 Å². The lowest BCUT2D eigenvalue weighted by Crippen LogP contribution is -2.20. The van der Waals surface area contributed by atoms with Gasteiger partial charge in [-0.05, 0) is 18.4 Å². The molecule has 0 heterocycles. The maximum atomic E-state index is 12.3. The van der Waals surface area contributed by atoms with E-state index in [1.165, 1.54) is 6.08 Å². The normalized spacial score (nSPS) is 15.6. The lowest BCUT2D eigenvalue weighted by molar-refractivity contribution is 0.0975. The molecule has 0 radical (unpaired) electrons. The van der Waals surface area contributed by atoms with Crippen LogP contribution in [-0.2, 0) is 0 Å². The lowest BCUT2D eigenvalue weighted by Gasteiger charge is -2.19. The largest absolute Gasteiger partial charge is 0.344 e. The first-order valence-electron chi connectivity index (χ1n) is 6.04. The van der Waals surface area contributed by atoms with Crippen LogP contribution in [0.3, 0.4) is 0 Å². The quantitative estimate of drug-likeness (QED) is 0.884. The van der Waals surface area contributed by atoms with Crippen molar-refractivity contribution in [3.05, 3.63) is 47.0 Å². The topological polar surface area (TPSA) is 69.1 Å². The monoisotopic (exact) mass is 245 g/mol. The first-order chi connectivity index (χ1) is 8.15. The van der Waals surface area contributed by atoms with Crippen molar-refractivity contribution in [1.82, 2.24) is 6.15 Å². The number of carbonyl (C=O) groups excluding carboxylic acids is 2. The minimum atomic E-state index is -0.0434. The molecule has 1 aliphatic carbocycles. The molecule has 0 saturated carbocycles. The zero-order valence-corrected chi connectivity index (χ0v) is 10.9. The van der Waals surface area contributed by atoms with Gasteiger partial charge in [-0.2, -0.15) is 0 Å². The fraction of sp³-hybridized carbons (Fsp3) is 0.333. The first-order valence-corrected chi connectivity index (χ1v) is 6.04. The zero-order valence-electron chi connectivity index (χ0n) is 10.9. The Balaban J connectivity index is 0.00000162. The minimum absolute atomic E-state index is 0. The Kier molecular flexibility index (Phi) is 4.56. The number of hydrogen-bond acceptors (Lipinski definition) is 3. The molecule has 3 N–H and O–H groups in total. The molecule has 1 aromatic rings. The molecule has 0 aliphatic heterocycles. The fourth-order valence-corrected chi connectivity index (χ4v) is 2.29. The third-order valence-corrected chi connectivity index (χ3v) is 3.24. The second-order valence-corrected chi connectivity index (χ2v) is 4.53. The van der Waals surface area contributed by atoms with E-state index in [1.807, 2.05) is 6.92 Å². The molecular formula is C15H19NO2. The highest BCUT2D eigenvalue weighted by molar-refractivity contribution is 6.24. The van der Waals surface area contributed by atoms with Crippen LogP contribution in [0.4, 0.5) is 0 Å². The summed E-state index contributed by atoms with van der Waals surface area (Å²) >= 11 is 0. The van der Waals surface area contributed by atoms with Crippen LogP contribution < -0.4 is 6.15 Å². The molecule has 0 amide bonds. The van der Waals surface area contributed by atoms with E-state index in [1.54, 1.807) is 24.3 Å². The van der Waals surface area contributed by atoms with Gasteiger partial charge in [-0.1, -0.05) is 44.5 Å². The van der Waals surface area contributed by atoms with Crippen LogP contribution in [-0.4, -0.2) is 11.6 Å². The molecule has 1 aromatic carbocycles. The van der Waals surface area contributed by atoms with Gasteiger partial charge in [-0.25, -0.2) is 0 Å². The van der Waals surface area contributed by atoms with E-state index >= 15 is 0 Å². The zero-order chi connectivity index (χ0) is 12.4. The summed E-state index contributed by atoms with van der Waals surface area (Å²) < 4.78 is 0. The molecule has 2 rings (SSSR count). The van der Waals surface area contributed by atoms with E-state index in [-0.39, 0.29) is 23.6 Å². The summed E-state index contributed by atoms with van der Waals surface area (Å²) in [6.45, 7) is 4.09. The Morgan fingerprint density at radius 1 is 1.11 bits per heavy atom. The van der Waals surface area contributed by atoms with Crippen LogP contribution in [0, 0.1) is 5.92 Å². The van der Waals surface area contributed by atoms with Gasteiger partial charge in [-0.15, -0.1) is 0 Å². The fourth-order valence-electron chi connectivity index (χ4n) is 2.29. The van der Waals surface area contributed by atoms with E-state index in [4.69, 9.17) is 0 Å². The Bertz CT molecular complexity index is 503. The van der Waals surface area contributed by atoms with E-state index in [2.05, 4.69) is 6.92 Å². The molecule has 0 saturated heterocycles. The maximum Gasteiger partial charge on any atom is 0.190 e. The predicted molar refractivity (Wildman–Crippen MR) is 72.3 cm³/mol. The average molecular weight is 245 g/mol. The molecule has 18 heavy (non-hydrogen) atoms. The van der Waals surface area contributed by atoms with Gasteiger partial charge < -0.3 is 6.15 Å². The van der Waals surface area contributed by atoms with Crippen molar-refractivity contribution < 1.29 is 9.59 Å². The number of rotatable bonds is 3. The van der Waals surface area contributed by atoms with Gasteiger partial charge in [0.15, 0.2) is 11.6 Å². The summed E-state index contributed by atoms with van der Waals surface area (Å²) in [7, 11) is 0. The highest BCUT2D eigenvalue weighted by atomic mass is 16.1. The molecule has 0 fully saturated rings. The van der Waals surface area contributed by atoms with E-state index in [0.29, 0.717) is 16.7 Å². The highest BCUT2D eigenvalue weighted by Crippen LogP contribution is 2.27. The summed E-state index contributed by atoms with van der Waals surface area (Å²) in [6.07, 6.45) is 3.47. The van der Waals surface area contributed by atoms with Gasteiger partial charge >= 0.3 is 0 Å². The molecule has 0 spiro atoms.